The summed E-state index contributed by atoms with van der Waals surface area (Å²) in [5.41, 5.74) is 3.85. The van der Waals surface area contributed by atoms with Crippen molar-refractivity contribution in [2.75, 3.05) is 13.3 Å². The summed E-state index contributed by atoms with van der Waals surface area (Å²) in [5.74, 6) is 0.947. The quantitative estimate of drug-likeness (QED) is 0.670. The van der Waals surface area contributed by atoms with E-state index in [1.165, 1.54) is 5.56 Å². The van der Waals surface area contributed by atoms with Crippen molar-refractivity contribution in [1.82, 2.24) is 20.0 Å². The Bertz CT molecular complexity index is 1170. The fourth-order valence-electron chi connectivity index (χ4n) is 3.93. The number of aryl methyl sites for hydroxylation is 2. The van der Waals surface area contributed by atoms with Crippen LogP contribution >= 0.6 is 0 Å². The minimum Gasteiger partial charge on any atom is -0.454 e. The molecule has 2 aliphatic rings. The first kappa shape index (κ1) is 20.1. The molecule has 2 aromatic carbocycles. The summed E-state index contributed by atoms with van der Waals surface area (Å²) in [6, 6.07) is 15.3. The summed E-state index contributed by atoms with van der Waals surface area (Å²) in [6.07, 6.45) is 0.782. The van der Waals surface area contributed by atoms with Gasteiger partial charge in [0.2, 0.25) is 6.79 Å². The minimum atomic E-state index is -0.318. The number of nitrogens with zero attached hydrogens (tertiary/aromatic N) is 3. The van der Waals surface area contributed by atoms with Crippen LogP contribution in [0.25, 0.3) is 0 Å². The zero-order chi connectivity index (χ0) is 22.1. The lowest BCUT2D eigenvalue weighted by Crippen LogP contribution is -2.30. The van der Waals surface area contributed by atoms with Gasteiger partial charge in [0, 0.05) is 32.2 Å². The fraction of sp³-hybridized carbons (Fsp3) is 0.292. The van der Waals surface area contributed by atoms with Crippen molar-refractivity contribution in [3.8, 4) is 11.5 Å². The molecule has 1 N–H and O–H groups in total. The van der Waals surface area contributed by atoms with E-state index in [-0.39, 0.29) is 24.3 Å². The van der Waals surface area contributed by atoms with Gasteiger partial charge in [-0.25, -0.2) is 0 Å². The Morgan fingerprint density at radius 1 is 1.03 bits per heavy atom. The van der Waals surface area contributed by atoms with Crippen LogP contribution in [-0.2, 0) is 19.6 Å². The van der Waals surface area contributed by atoms with Gasteiger partial charge in [0.15, 0.2) is 17.2 Å². The number of ether oxygens (including phenoxy) is 2. The molecule has 0 aliphatic carbocycles. The summed E-state index contributed by atoms with van der Waals surface area (Å²) in [4.78, 5) is 27.7. The van der Waals surface area contributed by atoms with E-state index in [0.717, 1.165) is 17.5 Å². The number of nitrogens with one attached hydrogen (secondary N) is 1. The fourth-order valence-corrected chi connectivity index (χ4v) is 3.93. The predicted octanol–water partition coefficient (Wildman–Crippen LogP) is 2.90. The molecule has 32 heavy (non-hydrogen) atoms. The molecule has 0 spiro atoms. The molecule has 3 aromatic rings. The van der Waals surface area contributed by atoms with E-state index in [9.17, 15) is 9.59 Å². The molecule has 0 bridgehead atoms. The van der Waals surface area contributed by atoms with Crippen molar-refractivity contribution in [3.05, 3.63) is 76.6 Å². The lowest BCUT2D eigenvalue weighted by Gasteiger charge is -2.20. The highest BCUT2D eigenvalue weighted by atomic mass is 16.7. The highest BCUT2D eigenvalue weighted by Crippen LogP contribution is 2.32. The van der Waals surface area contributed by atoms with E-state index in [0.29, 0.717) is 43.4 Å². The third kappa shape index (κ3) is 4.03. The second kappa shape index (κ2) is 8.37. The van der Waals surface area contributed by atoms with Gasteiger partial charge in [0.1, 0.15) is 5.69 Å². The van der Waals surface area contributed by atoms with E-state index in [4.69, 9.17) is 9.47 Å². The standard InChI is InChI=1S/C24H24N4O4/c1-16-3-5-17(6-4-16)14-27-9-2-10-28-20(24(27)30)12-19(26-28)23(29)25-13-18-7-8-21-22(11-18)32-15-31-21/h3-8,11-12H,2,9-10,13-15H2,1H3,(H,25,29). The molecule has 8 nitrogen and oxygen atoms in total. The summed E-state index contributed by atoms with van der Waals surface area (Å²) in [6.45, 7) is 4.36. The van der Waals surface area contributed by atoms with Crippen molar-refractivity contribution in [2.45, 2.75) is 33.0 Å². The van der Waals surface area contributed by atoms with E-state index in [2.05, 4.69) is 10.4 Å². The summed E-state index contributed by atoms with van der Waals surface area (Å²) in [7, 11) is 0. The van der Waals surface area contributed by atoms with Crippen LogP contribution < -0.4 is 14.8 Å². The largest absolute Gasteiger partial charge is 0.454 e. The third-order valence-corrected chi connectivity index (χ3v) is 5.70. The van der Waals surface area contributed by atoms with Crippen LogP contribution in [0.5, 0.6) is 11.5 Å². The number of carbonyl (C=O) groups is 2. The molecule has 0 saturated heterocycles. The zero-order valence-corrected chi connectivity index (χ0v) is 17.8. The third-order valence-electron chi connectivity index (χ3n) is 5.70. The van der Waals surface area contributed by atoms with Gasteiger partial charge in [0.25, 0.3) is 11.8 Å². The van der Waals surface area contributed by atoms with E-state index in [1.807, 2.05) is 54.3 Å². The van der Waals surface area contributed by atoms with Gasteiger partial charge in [-0.05, 0) is 36.6 Å². The van der Waals surface area contributed by atoms with Crippen LogP contribution in [0.1, 0.15) is 44.1 Å². The molecule has 5 rings (SSSR count). The second-order valence-electron chi connectivity index (χ2n) is 8.07. The van der Waals surface area contributed by atoms with Crippen LogP contribution in [0.15, 0.2) is 48.5 Å². The van der Waals surface area contributed by atoms with Crippen molar-refractivity contribution in [3.63, 3.8) is 0 Å². The summed E-state index contributed by atoms with van der Waals surface area (Å²) < 4.78 is 12.3. The van der Waals surface area contributed by atoms with E-state index < -0.39 is 0 Å². The van der Waals surface area contributed by atoms with E-state index in [1.54, 1.807) is 10.7 Å². The molecule has 2 amide bonds. The van der Waals surface area contributed by atoms with Crippen LogP contribution in [0.3, 0.4) is 0 Å². The average molecular weight is 432 g/mol. The van der Waals surface area contributed by atoms with Gasteiger partial charge in [0.05, 0.1) is 0 Å². The number of rotatable bonds is 5. The Balaban J connectivity index is 1.27. The average Bonchev–Trinajstić information content (AvgIpc) is 3.41. The Morgan fingerprint density at radius 2 is 1.81 bits per heavy atom. The molecule has 0 radical (unpaired) electrons. The summed E-state index contributed by atoms with van der Waals surface area (Å²) in [5, 5.41) is 7.26. The van der Waals surface area contributed by atoms with E-state index >= 15 is 0 Å². The number of aromatic nitrogens is 2. The molecule has 0 unspecified atom stereocenters. The molecule has 0 saturated carbocycles. The first-order chi connectivity index (χ1) is 15.6. The Kier molecular flexibility index (Phi) is 5.26. The highest BCUT2D eigenvalue weighted by Gasteiger charge is 2.26. The number of hydrogen-bond donors (Lipinski definition) is 1. The highest BCUT2D eigenvalue weighted by molar-refractivity contribution is 5.98. The number of amides is 2. The maximum atomic E-state index is 13.1. The maximum absolute atomic E-state index is 13.1. The van der Waals surface area contributed by atoms with Crippen LogP contribution in [0.4, 0.5) is 0 Å². The molecule has 3 heterocycles. The molecular weight excluding hydrogens is 408 g/mol. The molecule has 8 heteroatoms. The SMILES string of the molecule is Cc1ccc(CN2CCCn3nc(C(=O)NCc4ccc5c(c4)OCO5)cc3C2=O)cc1. The minimum absolute atomic E-state index is 0.106. The van der Waals surface area contributed by atoms with Crippen molar-refractivity contribution in [2.24, 2.45) is 0 Å². The maximum Gasteiger partial charge on any atom is 0.272 e. The predicted molar refractivity (Wildman–Crippen MR) is 116 cm³/mol. The molecule has 0 atom stereocenters. The number of hydrogen-bond acceptors (Lipinski definition) is 5. The summed E-state index contributed by atoms with van der Waals surface area (Å²) >= 11 is 0. The Morgan fingerprint density at radius 3 is 2.66 bits per heavy atom. The number of benzene rings is 2. The van der Waals surface area contributed by atoms with Crippen molar-refractivity contribution < 1.29 is 19.1 Å². The van der Waals surface area contributed by atoms with Gasteiger partial charge in [-0.3, -0.25) is 14.3 Å². The lowest BCUT2D eigenvalue weighted by atomic mass is 10.1. The number of fused-ring (bicyclic) bond motifs is 2. The first-order valence-electron chi connectivity index (χ1n) is 10.7. The van der Waals surface area contributed by atoms with Crippen molar-refractivity contribution >= 4 is 11.8 Å². The molecule has 2 aliphatic heterocycles. The monoisotopic (exact) mass is 432 g/mol. The van der Waals surface area contributed by atoms with Crippen LogP contribution in [0, 0.1) is 6.92 Å². The van der Waals surface area contributed by atoms with Gasteiger partial charge in [-0.1, -0.05) is 35.9 Å². The topological polar surface area (TPSA) is 85.7 Å². The lowest BCUT2D eigenvalue weighted by molar-refractivity contribution is 0.0745. The van der Waals surface area contributed by atoms with Gasteiger partial charge >= 0.3 is 0 Å². The second-order valence-corrected chi connectivity index (χ2v) is 8.07. The Hall–Kier alpha value is -3.81. The van der Waals surface area contributed by atoms with Crippen LogP contribution in [-0.4, -0.2) is 39.8 Å². The Labute approximate surface area is 185 Å². The van der Waals surface area contributed by atoms with Gasteiger partial charge in [-0.2, -0.15) is 5.10 Å². The van der Waals surface area contributed by atoms with Gasteiger partial charge < -0.3 is 19.7 Å². The molecule has 164 valence electrons. The van der Waals surface area contributed by atoms with Crippen molar-refractivity contribution in [1.29, 1.82) is 0 Å². The van der Waals surface area contributed by atoms with Gasteiger partial charge in [-0.15, -0.1) is 0 Å². The molecular formula is C24H24N4O4. The normalized spacial score (nSPS) is 14.8. The molecule has 1 aromatic heterocycles. The smallest absolute Gasteiger partial charge is 0.272 e. The first-order valence-corrected chi connectivity index (χ1v) is 10.7. The zero-order valence-electron chi connectivity index (χ0n) is 17.8. The molecule has 0 fully saturated rings. The number of carbonyl (C=O) groups excluding carboxylic acids is 2. The van der Waals surface area contributed by atoms with Crippen LogP contribution in [0.2, 0.25) is 0 Å².